The first-order valence-corrected chi connectivity index (χ1v) is 10.5. The lowest BCUT2D eigenvalue weighted by atomic mass is 10.3. The average Bonchev–Trinajstić information content (AvgIpc) is 3.47. The molecule has 0 bridgehead atoms. The summed E-state index contributed by atoms with van der Waals surface area (Å²) in [5.41, 5.74) is 1.75. The Morgan fingerprint density at radius 3 is 2.87 bits per heavy atom. The first-order valence-electron chi connectivity index (χ1n) is 9.59. The highest BCUT2D eigenvalue weighted by Gasteiger charge is 2.17. The first-order chi connectivity index (χ1) is 15.0. The van der Waals surface area contributed by atoms with Crippen LogP contribution in [0.3, 0.4) is 0 Å². The maximum Gasteiger partial charge on any atom is 0.419 e. The number of ether oxygens (including phenoxy) is 1. The van der Waals surface area contributed by atoms with E-state index < -0.39 is 11.7 Å². The van der Waals surface area contributed by atoms with Gasteiger partial charge >= 0.3 is 11.7 Å². The number of nitrogens with zero attached hydrogens (tertiary/aromatic N) is 5. The topological polar surface area (TPSA) is 114 Å². The molecular weight excluding hydrogens is 422 g/mol. The van der Waals surface area contributed by atoms with Crippen LogP contribution < -0.4 is 11.3 Å². The molecule has 158 valence electrons. The van der Waals surface area contributed by atoms with Crippen LogP contribution in [-0.2, 0) is 29.7 Å². The normalized spacial score (nSPS) is 11.6. The van der Waals surface area contributed by atoms with Crippen molar-refractivity contribution in [1.29, 1.82) is 0 Å². The summed E-state index contributed by atoms with van der Waals surface area (Å²) in [6.07, 6.45) is 0.557. The number of para-hydroxylation sites is 2. The predicted octanol–water partition coefficient (Wildman–Crippen LogP) is 2.07. The van der Waals surface area contributed by atoms with E-state index in [4.69, 9.17) is 9.15 Å². The zero-order valence-corrected chi connectivity index (χ0v) is 17.3. The Morgan fingerprint density at radius 1 is 1.16 bits per heavy atom. The highest BCUT2D eigenvalue weighted by atomic mass is 32.1. The lowest BCUT2D eigenvalue weighted by molar-refractivity contribution is -0.145. The van der Waals surface area contributed by atoms with Gasteiger partial charge in [0.2, 0.25) is 5.78 Å². The van der Waals surface area contributed by atoms with Gasteiger partial charge in [-0.2, -0.15) is 0 Å². The molecule has 4 aromatic heterocycles. The zero-order valence-electron chi connectivity index (χ0n) is 16.5. The van der Waals surface area contributed by atoms with Crippen LogP contribution in [0, 0.1) is 0 Å². The van der Waals surface area contributed by atoms with Gasteiger partial charge in [-0.15, -0.1) is 21.5 Å². The van der Waals surface area contributed by atoms with Crippen molar-refractivity contribution in [1.82, 2.24) is 23.7 Å². The Morgan fingerprint density at radius 2 is 2.00 bits per heavy atom. The molecule has 0 saturated carbocycles. The summed E-state index contributed by atoms with van der Waals surface area (Å²) in [6, 6.07) is 8.96. The summed E-state index contributed by atoms with van der Waals surface area (Å²) in [6.45, 7) is 0.272. The first kappa shape index (κ1) is 19.2. The number of benzene rings is 1. The number of carbonyl (C=O) groups excluding carboxylic acids is 1. The largest absolute Gasteiger partial charge is 0.457 e. The molecule has 4 heterocycles. The number of thiophene rings is 1. The second-order valence-electron chi connectivity index (χ2n) is 7.00. The predicted molar refractivity (Wildman–Crippen MR) is 113 cm³/mol. The average molecular weight is 439 g/mol. The molecule has 10 nitrogen and oxygen atoms in total. The lowest BCUT2D eigenvalue weighted by Crippen LogP contribution is -2.19. The van der Waals surface area contributed by atoms with Gasteiger partial charge in [0.25, 0.3) is 5.56 Å². The summed E-state index contributed by atoms with van der Waals surface area (Å²) in [5, 5.41) is 9.97. The molecule has 1 aromatic carbocycles. The van der Waals surface area contributed by atoms with Crippen molar-refractivity contribution in [2.75, 3.05) is 0 Å². The molecular formula is C20H17N5O5S. The third kappa shape index (κ3) is 3.22. The molecule has 0 amide bonds. The second kappa shape index (κ2) is 7.51. The smallest absolute Gasteiger partial charge is 0.419 e. The highest BCUT2D eigenvalue weighted by molar-refractivity contribution is 7.17. The third-order valence-corrected chi connectivity index (χ3v) is 5.99. The van der Waals surface area contributed by atoms with Crippen molar-refractivity contribution in [2.45, 2.75) is 26.0 Å². The molecule has 0 saturated heterocycles. The summed E-state index contributed by atoms with van der Waals surface area (Å²) < 4.78 is 15.8. The number of oxazole rings is 1. The monoisotopic (exact) mass is 439 g/mol. The lowest BCUT2D eigenvalue weighted by Gasteiger charge is -2.06. The van der Waals surface area contributed by atoms with Crippen molar-refractivity contribution in [2.24, 2.45) is 7.05 Å². The van der Waals surface area contributed by atoms with Crippen molar-refractivity contribution < 1.29 is 13.9 Å². The molecule has 31 heavy (non-hydrogen) atoms. The maximum atomic E-state index is 12.4. The van der Waals surface area contributed by atoms with Crippen LogP contribution in [0.4, 0.5) is 0 Å². The van der Waals surface area contributed by atoms with Gasteiger partial charge in [0.15, 0.2) is 18.0 Å². The number of esters is 1. The minimum Gasteiger partial charge on any atom is -0.457 e. The molecule has 0 aliphatic rings. The number of aromatic nitrogens is 5. The fraction of sp³-hybridized carbons (Fsp3) is 0.250. The van der Waals surface area contributed by atoms with Gasteiger partial charge in [-0.1, -0.05) is 12.1 Å². The highest BCUT2D eigenvalue weighted by Crippen LogP contribution is 2.19. The quantitative estimate of drug-likeness (QED) is 0.372. The number of aryl methyl sites for hydroxylation is 2. The Kier molecular flexibility index (Phi) is 4.66. The van der Waals surface area contributed by atoms with Gasteiger partial charge in [0.1, 0.15) is 4.70 Å². The maximum absolute atomic E-state index is 12.4. The summed E-state index contributed by atoms with van der Waals surface area (Å²) >= 11 is 1.34. The van der Waals surface area contributed by atoms with E-state index in [2.05, 4.69) is 10.2 Å². The van der Waals surface area contributed by atoms with E-state index in [1.807, 2.05) is 17.5 Å². The number of rotatable bonds is 6. The van der Waals surface area contributed by atoms with Gasteiger partial charge < -0.3 is 9.15 Å². The fourth-order valence-electron chi connectivity index (χ4n) is 3.57. The van der Waals surface area contributed by atoms with E-state index in [0.29, 0.717) is 45.9 Å². The Bertz CT molecular complexity index is 1550. The standard InChI is InChI=1S/C20H17N5O5S/c1-23-18(27)17-13(8-10-31-17)25-15(21-22-19(23)25)11-29-16(26)7-4-9-24-12-5-2-3-6-14(12)30-20(24)28/h2-3,5-6,8,10H,4,7,9,11H2,1H3. The van der Waals surface area contributed by atoms with E-state index in [-0.39, 0.29) is 18.6 Å². The molecule has 5 aromatic rings. The van der Waals surface area contributed by atoms with E-state index in [9.17, 15) is 14.4 Å². The van der Waals surface area contributed by atoms with E-state index in [1.54, 1.807) is 29.6 Å². The molecule has 0 spiro atoms. The number of hydrogen-bond acceptors (Lipinski definition) is 8. The number of fused-ring (bicyclic) bond motifs is 4. The molecule has 11 heteroatoms. The molecule has 0 atom stereocenters. The zero-order chi connectivity index (χ0) is 21.5. The van der Waals surface area contributed by atoms with Crippen molar-refractivity contribution in [3.63, 3.8) is 0 Å². The van der Waals surface area contributed by atoms with Crippen LogP contribution in [0.1, 0.15) is 18.7 Å². The van der Waals surface area contributed by atoms with Gasteiger partial charge in [-0.25, -0.2) is 4.79 Å². The van der Waals surface area contributed by atoms with Crippen molar-refractivity contribution in [3.8, 4) is 0 Å². The van der Waals surface area contributed by atoms with Crippen LogP contribution in [0.2, 0.25) is 0 Å². The molecule has 0 aliphatic carbocycles. The third-order valence-electron chi connectivity index (χ3n) is 5.10. The van der Waals surface area contributed by atoms with Crippen LogP contribution in [0.5, 0.6) is 0 Å². The van der Waals surface area contributed by atoms with Gasteiger partial charge in [-0.05, 0) is 30.0 Å². The second-order valence-corrected chi connectivity index (χ2v) is 7.92. The van der Waals surface area contributed by atoms with Gasteiger partial charge in [-0.3, -0.25) is 23.1 Å². The Hall–Kier alpha value is -3.73. The van der Waals surface area contributed by atoms with Crippen LogP contribution in [0.25, 0.3) is 27.1 Å². The summed E-state index contributed by atoms with van der Waals surface area (Å²) in [7, 11) is 1.63. The molecule has 0 fully saturated rings. The van der Waals surface area contributed by atoms with Crippen molar-refractivity contribution >= 4 is 44.4 Å². The Balaban J connectivity index is 1.27. The minimum atomic E-state index is -0.449. The van der Waals surface area contributed by atoms with Crippen LogP contribution in [0.15, 0.2) is 49.7 Å². The fourth-order valence-corrected chi connectivity index (χ4v) is 4.42. The SMILES string of the molecule is Cn1c(=O)c2sccc2n2c(COC(=O)CCCn3c(=O)oc4ccccc43)nnc12. The Labute approximate surface area is 177 Å². The molecule has 0 N–H and O–H groups in total. The van der Waals surface area contributed by atoms with E-state index in [1.165, 1.54) is 20.5 Å². The van der Waals surface area contributed by atoms with Gasteiger partial charge in [0, 0.05) is 20.0 Å². The van der Waals surface area contributed by atoms with Crippen molar-refractivity contribution in [3.05, 3.63) is 62.4 Å². The van der Waals surface area contributed by atoms with Crippen LogP contribution in [-0.4, -0.2) is 29.7 Å². The molecule has 0 aliphatic heterocycles. The summed E-state index contributed by atoms with van der Waals surface area (Å²) in [4.78, 5) is 36.6. The molecule has 0 radical (unpaired) electrons. The minimum absolute atomic E-state index is 0.0717. The summed E-state index contributed by atoms with van der Waals surface area (Å²) in [5.74, 6) is -0.0496. The van der Waals surface area contributed by atoms with Crippen LogP contribution >= 0.6 is 11.3 Å². The number of hydrogen-bond donors (Lipinski definition) is 0. The number of carbonyl (C=O) groups is 1. The van der Waals surface area contributed by atoms with Gasteiger partial charge in [0.05, 0.1) is 11.0 Å². The van der Waals surface area contributed by atoms with E-state index in [0.717, 1.165) is 0 Å². The molecule has 5 rings (SSSR count). The van der Waals surface area contributed by atoms with E-state index >= 15 is 0 Å². The molecule has 0 unspecified atom stereocenters.